The Hall–Kier alpha value is -2.74. The fourth-order valence-electron chi connectivity index (χ4n) is 2.89. The summed E-state index contributed by atoms with van der Waals surface area (Å²) in [5, 5.41) is 0.508. The molecular weight excluding hydrogens is 461 g/mol. The Morgan fingerprint density at radius 1 is 0.871 bits per heavy atom. The Morgan fingerprint density at radius 3 is 2.06 bits per heavy atom. The molecule has 3 aromatic carbocycles. The molecule has 0 unspecified atom stereocenters. The minimum atomic E-state index is -3.98. The lowest BCUT2D eigenvalue weighted by Crippen LogP contribution is -2.16. The van der Waals surface area contributed by atoms with E-state index < -0.39 is 15.8 Å². The number of anilines is 1. The lowest BCUT2D eigenvalue weighted by atomic mass is 10.0. The van der Waals surface area contributed by atoms with Crippen molar-refractivity contribution in [3.8, 4) is 11.5 Å². The van der Waals surface area contributed by atoms with Crippen LogP contribution in [0.3, 0.4) is 0 Å². The van der Waals surface area contributed by atoms with Crippen LogP contribution < -0.4 is 14.2 Å². The largest absolute Gasteiger partial charge is 0.493 e. The average molecular weight is 480 g/mol. The number of ether oxygens (including phenoxy) is 2. The van der Waals surface area contributed by atoms with Gasteiger partial charge in [-0.2, -0.15) is 0 Å². The highest BCUT2D eigenvalue weighted by molar-refractivity contribution is 7.92. The van der Waals surface area contributed by atoms with Gasteiger partial charge in [-0.15, -0.1) is 0 Å². The topological polar surface area (TPSA) is 81.7 Å². The van der Waals surface area contributed by atoms with Gasteiger partial charge in [-0.05, 0) is 43.3 Å². The number of nitrogens with one attached hydrogen (secondary N) is 1. The van der Waals surface area contributed by atoms with Gasteiger partial charge in [-0.25, -0.2) is 8.42 Å². The third-order valence-electron chi connectivity index (χ3n) is 4.52. The molecule has 0 atom stereocenters. The normalized spacial score (nSPS) is 11.1. The smallest absolute Gasteiger partial charge is 0.261 e. The molecule has 0 amide bonds. The van der Waals surface area contributed by atoms with E-state index in [1.165, 1.54) is 56.7 Å². The first-order valence-corrected chi connectivity index (χ1v) is 11.3. The highest BCUT2D eigenvalue weighted by Gasteiger charge is 2.24. The van der Waals surface area contributed by atoms with Gasteiger partial charge < -0.3 is 9.47 Å². The van der Waals surface area contributed by atoms with Crippen LogP contribution in [-0.2, 0) is 10.0 Å². The quantitative estimate of drug-likeness (QED) is 0.461. The van der Waals surface area contributed by atoms with Gasteiger partial charge in [0.15, 0.2) is 17.3 Å². The molecule has 0 aliphatic rings. The Morgan fingerprint density at radius 2 is 1.48 bits per heavy atom. The Balaban J connectivity index is 2.14. The molecule has 1 N–H and O–H groups in total. The van der Waals surface area contributed by atoms with Crippen molar-refractivity contribution in [2.24, 2.45) is 0 Å². The molecule has 3 rings (SSSR count). The van der Waals surface area contributed by atoms with E-state index in [-0.39, 0.29) is 38.2 Å². The molecule has 0 aliphatic carbocycles. The second-order valence-corrected chi connectivity index (χ2v) is 9.15. The lowest BCUT2D eigenvalue weighted by molar-refractivity contribution is 0.103. The number of benzene rings is 3. The van der Waals surface area contributed by atoms with Gasteiger partial charge in [0.2, 0.25) is 0 Å². The number of sulfonamides is 1. The summed E-state index contributed by atoms with van der Waals surface area (Å²) in [4.78, 5) is 13.3. The van der Waals surface area contributed by atoms with E-state index >= 15 is 0 Å². The number of carbonyl (C=O) groups excluding carboxylic acids is 1. The molecule has 3 aromatic rings. The second kappa shape index (κ2) is 9.18. The van der Waals surface area contributed by atoms with E-state index in [0.717, 1.165) is 5.56 Å². The summed E-state index contributed by atoms with van der Waals surface area (Å²) >= 11 is 12.1. The molecule has 6 nitrogen and oxygen atoms in total. The van der Waals surface area contributed by atoms with Crippen LogP contribution in [0.4, 0.5) is 5.69 Å². The van der Waals surface area contributed by atoms with Crippen molar-refractivity contribution in [1.82, 2.24) is 0 Å². The zero-order valence-corrected chi connectivity index (χ0v) is 19.2. The zero-order chi connectivity index (χ0) is 22.8. The summed E-state index contributed by atoms with van der Waals surface area (Å²) in [5.41, 5.74) is 1.14. The third-order valence-corrected chi connectivity index (χ3v) is 6.45. The minimum absolute atomic E-state index is 0.0224. The Bertz CT molecular complexity index is 1240. The Kier molecular flexibility index (Phi) is 6.79. The summed E-state index contributed by atoms with van der Waals surface area (Å²) in [6.07, 6.45) is 0. The monoisotopic (exact) mass is 479 g/mol. The van der Waals surface area contributed by atoms with Crippen LogP contribution in [0.15, 0.2) is 59.5 Å². The first-order valence-electron chi connectivity index (χ1n) is 9.01. The van der Waals surface area contributed by atoms with Gasteiger partial charge in [0.05, 0.1) is 35.4 Å². The number of aryl methyl sites for hydroxylation is 1. The van der Waals surface area contributed by atoms with E-state index in [0.29, 0.717) is 5.02 Å². The number of halogens is 2. The maximum absolute atomic E-state index is 13.3. The van der Waals surface area contributed by atoms with Crippen LogP contribution >= 0.6 is 23.2 Å². The van der Waals surface area contributed by atoms with Gasteiger partial charge in [0.25, 0.3) is 10.0 Å². The van der Waals surface area contributed by atoms with Crippen molar-refractivity contribution in [2.75, 3.05) is 18.9 Å². The van der Waals surface area contributed by atoms with Crippen LogP contribution in [-0.4, -0.2) is 28.4 Å². The first-order chi connectivity index (χ1) is 14.7. The van der Waals surface area contributed by atoms with Crippen LogP contribution in [0, 0.1) is 6.92 Å². The second-order valence-electron chi connectivity index (χ2n) is 6.62. The molecule has 0 heterocycles. The SMILES string of the molecule is COc1cc(NS(=O)(=O)c2ccc(C)cc2)c(C(=O)c2ccc(Cl)cc2Cl)cc1OC. The standard InChI is InChI=1S/C22H19Cl2NO5S/c1-13-4-7-15(8-5-13)31(27,28)25-19-12-21(30-3)20(29-2)11-17(19)22(26)16-9-6-14(23)10-18(16)24/h4-12,25H,1-3H3. The van der Waals surface area contributed by atoms with Crippen LogP contribution in [0.5, 0.6) is 11.5 Å². The van der Waals surface area contributed by atoms with E-state index in [4.69, 9.17) is 32.7 Å². The number of rotatable bonds is 7. The molecule has 0 radical (unpaired) electrons. The maximum Gasteiger partial charge on any atom is 0.261 e. The number of hydrogen-bond donors (Lipinski definition) is 1. The van der Waals surface area contributed by atoms with Gasteiger partial charge in [0.1, 0.15) is 0 Å². The molecule has 0 saturated heterocycles. The van der Waals surface area contributed by atoms with Crippen molar-refractivity contribution >= 4 is 44.7 Å². The predicted octanol–water partition coefficient (Wildman–Crippen LogP) is 5.35. The molecule has 162 valence electrons. The highest BCUT2D eigenvalue weighted by Crippen LogP contribution is 2.36. The van der Waals surface area contributed by atoms with Gasteiger partial charge in [0, 0.05) is 16.7 Å². The molecule has 0 spiro atoms. The van der Waals surface area contributed by atoms with E-state index in [9.17, 15) is 13.2 Å². The lowest BCUT2D eigenvalue weighted by Gasteiger charge is -2.16. The fraction of sp³-hybridized carbons (Fsp3) is 0.136. The minimum Gasteiger partial charge on any atom is -0.493 e. The van der Waals surface area contributed by atoms with Crippen LogP contribution in [0.2, 0.25) is 10.0 Å². The summed E-state index contributed by atoms with van der Waals surface area (Å²) in [6, 6.07) is 13.6. The van der Waals surface area contributed by atoms with Crippen molar-refractivity contribution in [3.05, 3.63) is 81.3 Å². The summed E-state index contributed by atoms with van der Waals surface area (Å²) in [5.74, 6) is 0.00121. The summed E-state index contributed by atoms with van der Waals surface area (Å²) in [6.45, 7) is 1.85. The number of methoxy groups -OCH3 is 2. The van der Waals surface area contributed by atoms with E-state index in [1.54, 1.807) is 12.1 Å². The summed E-state index contributed by atoms with van der Waals surface area (Å²) in [7, 11) is -1.16. The third kappa shape index (κ3) is 4.95. The molecule has 31 heavy (non-hydrogen) atoms. The predicted molar refractivity (Wildman–Crippen MR) is 121 cm³/mol. The van der Waals surface area contributed by atoms with E-state index in [2.05, 4.69) is 4.72 Å². The van der Waals surface area contributed by atoms with Gasteiger partial charge >= 0.3 is 0 Å². The fourth-order valence-corrected chi connectivity index (χ4v) is 4.46. The van der Waals surface area contributed by atoms with E-state index in [1.807, 2.05) is 6.92 Å². The number of hydrogen-bond acceptors (Lipinski definition) is 5. The van der Waals surface area contributed by atoms with Gasteiger partial charge in [-0.1, -0.05) is 40.9 Å². The maximum atomic E-state index is 13.3. The first kappa shape index (κ1) is 22.9. The van der Waals surface area contributed by atoms with Crippen molar-refractivity contribution < 1.29 is 22.7 Å². The Labute approximate surface area is 190 Å². The average Bonchev–Trinajstić information content (AvgIpc) is 2.73. The highest BCUT2D eigenvalue weighted by atomic mass is 35.5. The molecule has 0 aliphatic heterocycles. The molecule has 0 aromatic heterocycles. The summed E-state index contributed by atoms with van der Waals surface area (Å²) < 4.78 is 38.9. The molecular formula is C22H19Cl2NO5S. The molecule has 9 heteroatoms. The van der Waals surface area contributed by atoms with Crippen molar-refractivity contribution in [1.29, 1.82) is 0 Å². The number of ketones is 1. The van der Waals surface area contributed by atoms with Crippen molar-refractivity contribution in [3.63, 3.8) is 0 Å². The van der Waals surface area contributed by atoms with Gasteiger partial charge in [-0.3, -0.25) is 9.52 Å². The van der Waals surface area contributed by atoms with Crippen LogP contribution in [0.25, 0.3) is 0 Å². The molecule has 0 fully saturated rings. The zero-order valence-electron chi connectivity index (χ0n) is 16.9. The molecule has 0 bridgehead atoms. The number of carbonyl (C=O) groups is 1. The molecule has 0 saturated carbocycles. The van der Waals surface area contributed by atoms with Crippen molar-refractivity contribution in [2.45, 2.75) is 11.8 Å². The van der Waals surface area contributed by atoms with Crippen LogP contribution in [0.1, 0.15) is 21.5 Å².